The Morgan fingerprint density at radius 3 is 2.72 bits per heavy atom. The third kappa shape index (κ3) is 2.67. The monoisotopic (exact) mass is 311 g/mol. The van der Waals surface area contributed by atoms with Gasteiger partial charge in [0, 0.05) is 22.2 Å². The van der Waals surface area contributed by atoms with Crippen LogP contribution in [-0.2, 0) is 0 Å². The molecule has 2 rings (SSSR count). The maximum atomic E-state index is 11.4. The van der Waals surface area contributed by atoms with Crippen molar-refractivity contribution in [1.29, 1.82) is 0 Å². The van der Waals surface area contributed by atoms with Crippen LogP contribution in [0.25, 0.3) is 0 Å². The van der Waals surface area contributed by atoms with E-state index in [1.807, 2.05) is 12.1 Å². The molecular formula is C13H18BrN3O. The van der Waals surface area contributed by atoms with E-state index in [-0.39, 0.29) is 5.54 Å². The summed E-state index contributed by atoms with van der Waals surface area (Å²) < 4.78 is 0.908. The quantitative estimate of drug-likeness (QED) is 0.778. The Kier molecular flexibility index (Phi) is 3.64. The molecule has 18 heavy (non-hydrogen) atoms. The van der Waals surface area contributed by atoms with E-state index >= 15 is 0 Å². The van der Waals surface area contributed by atoms with E-state index in [4.69, 9.17) is 11.5 Å². The average Bonchev–Trinajstić information content (AvgIpc) is 3.12. The summed E-state index contributed by atoms with van der Waals surface area (Å²) in [7, 11) is 0. The first-order valence-electron chi connectivity index (χ1n) is 6.04. The molecular weight excluding hydrogens is 294 g/mol. The van der Waals surface area contributed by atoms with Crippen LogP contribution in [0.15, 0.2) is 22.7 Å². The molecule has 0 aromatic heterocycles. The number of halogens is 1. The summed E-state index contributed by atoms with van der Waals surface area (Å²) in [5.74, 6) is 0.141. The number of carbonyl (C=O) groups excluding carboxylic acids is 1. The molecule has 1 aliphatic carbocycles. The van der Waals surface area contributed by atoms with Crippen molar-refractivity contribution < 1.29 is 4.79 Å². The van der Waals surface area contributed by atoms with E-state index in [2.05, 4.69) is 28.2 Å². The van der Waals surface area contributed by atoms with Crippen molar-refractivity contribution >= 4 is 27.5 Å². The van der Waals surface area contributed by atoms with Gasteiger partial charge in [-0.05, 0) is 43.9 Å². The van der Waals surface area contributed by atoms with Crippen molar-refractivity contribution in [3.63, 3.8) is 0 Å². The van der Waals surface area contributed by atoms with E-state index < -0.39 is 5.91 Å². The Balaban J connectivity index is 2.32. The van der Waals surface area contributed by atoms with E-state index in [0.717, 1.165) is 10.2 Å². The van der Waals surface area contributed by atoms with Crippen molar-refractivity contribution in [1.82, 2.24) is 0 Å². The molecule has 1 atom stereocenters. The fourth-order valence-corrected chi connectivity index (χ4v) is 2.54. The van der Waals surface area contributed by atoms with Gasteiger partial charge in [-0.25, -0.2) is 0 Å². The highest BCUT2D eigenvalue weighted by atomic mass is 79.9. The second kappa shape index (κ2) is 4.90. The number of benzene rings is 1. The summed E-state index contributed by atoms with van der Waals surface area (Å²) in [5.41, 5.74) is 12.3. The molecule has 1 amide bonds. The first kappa shape index (κ1) is 13.4. The van der Waals surface area contributed by atoms with Crippen LogP contribution < -0.4 is 16.8 Å². The second-order valence-electron chi connectivity index (χ2n) is 5.08. The van der Waals surface area contributed by atoms with Crippen molar-refractivity contribution in [2.45, 2.75) is 25.3 Å². The highest BCUT2D eigenvalue weighted by molar-refractivity contribution is 9.10. The van der Waals surface area contributed by atoms with Gasteiger partial charge < -0.3 is 16.8 Å². The maximum Gasteiger partial charge on any atom is 0.250 e. The Labute approximate surface area is 115 Å². The maximum absolute atomic E-state index is 11.4. The molecule has 1 aromatic carbocycles. The van der Waals surface area contributed by atoms with Crippen LogP contribution >= 0.6 is 15.9 Å². The lowest BCUT2D eigenvalue weighted by atomic mass is 9.95. The Bertz CT molecular complexity index is 473. The molecule has 0 spiro atoms. The fraction of sp³-hybridized carbons (Fsp3) is 0.462. The van der Waals surface area contributed by atoms with E-state index in [0.29, 0.717) is 18.0 Å². The lowest BCUT2D eigenvalue weighted by Crippen LogP contribution is -2.45. The Morgan fingerprint density at radius 2 is 2.22 bits per heavy atom. The zero-order valence-electron chi connectivity index (χ0n) is 10.4. The van der Waals surface area contributed by atoms with Crippen LogP contribution in [0.3, 0.4) is 0 Å². The SMILES string of the molecule is CC(CN)(Nc1cc(Br)ccc1C(N)=O)C1CC1. The summed E-state index contributed by atoms with van der Waals surface area (Å²) in [4.78, 5) is 11.4. The number of hydrogen-bond acceptors (Lipinski definition) is 3. The molecule has 1 aromatic rings. The summed E-state index contributed by atoms with van der Waals surface area (Å²) in [5, 5.41) is 3.40. The molecule has 0 heterocycles. The predicted octanol–water partition coefficient (Wildman–Crippen LogP) is 2.09. The van der Waals surface area contributed by atoms with Crippen LogP contribution in [0.4, 0.5) is 5.69 Å². The second-order valence-corrected chi connectivity index (χ2v) is 5.99. The molecule has 0 radical (unpaired) electrons. The largest absolute Gasteiger partial charge is 0.378 e. The minimum absolute atomic E-state index is 0.176. The van der Waals surface area contributed by atoms with Gasteiger partial charge in [-0.3, -0.25) is 4.79 Å². The van der Waals surface area contributed by atoms with Crippen LogP contribution in [0.5, 0.6) is 0 Å². The molecule has 1 aliphatic rings. The Morgan fingerprint density at radius 1 is 1.56 bits per heavy atom. The van der Waals surface area contributed by atoms with E-state index in [1.165, 1.54) is 12.8 Å². The number of anilines is 1. The number of nitrogens with one attached hydrogen (secondary N) is 1. The standard InChI is InChI=1S/C13H18BrN3O/c1-13(7-15,8-2-3-8)17-11-6-9(14)4-5-10(11)12(16)18/h4-6,8,17H,2-3,7,15H2,1H3,(H2,16,18). The number of amides is 1. The van der Waals surface area contributed by atoms with E-state index in [1.54, 1.807) is 6.07 Å². The minimum Gasteiger partial charge on any atom is -0.378 e. The van der Waals surface area contributed by atoms with E-state index in [9.17, 15) is 4.79 Å². The summed E-state index contributed by atoms with van der Waals surface area (Å²) in [6.45, 7) is 2.62. The van der Waals surface area contributed by atoms with Gasteiger partial charge in [0.25, 0.3) is 5.91 Å². The smallest absolute Gasteiger partial charge is 0.250 e. The lowest BCUT2D eigenvalue weighted by Gasteiger charge is -2.31. The number of carbonyl (C=O) groups is 1. The average molecular weight is 312 g/mol. The van der Waals surface area contributed by atoms with Crippen molar-refractivity contribution in [3.8, 4) is 0 Å². The summed E-state index contributed by atoms with van der Waals surface area (Å²) in [6, 6.07) is 5.40. The third-order valence-corrected chi connectivity index (χ3v) is 4.06. The molecule has 98 valence electrons. The molecule has 1 saturated carbocycles. The van der Waals surface area contributed by atoms with Gasteiger partial charge in [0.1, 0.15) is 0 Å². The molecule has 0 saturated heterocycles. The highest BCUT2D eigenvalue weighted by Gasteiger charge is 2.40. The van der Waals surface area contributed by atoms with Crippen LogP contribution in [-0.4, -0.2) is 18.0 Å². The molecule has 5 N–H and O–H groups in total. The predicted molar refractivity (Wildman–Crippen MR) is 76.5 cm³/mol. The van der Waals surface area contributed by atoms with Gasteiger partial charge in [-0.15, -0.1) is 0 Å². The molecule has 5 heteroatoms. The zero-order chi connectivity index (χ0) is 13.3. The molecule has 1 unspecified atom stereocenters. The number of primary amides is 1. The van der Waals surface area contributed by atoms with Crippen LogP contribution in [0.2, 0.25) is 0 Å². The molecule has 0 bridgehead atoms. The first-order valence-corrected chi connectivity index (χ1v) is 6.83. The Hall–Kier alpha value is -1.07. The normalized spacial score (nSPS) is 18.2. The highest BCUT2D eigenvalue weighted by Crippen LogP contribution is 2.41. The third-order valence-electron chi connectivity index (χ3n) is 3.57. The number of rotatable bonds is 5. The fourth-order valence-electron chi connectivity index (χ4n) is 2.18. The molecule has 4 nitrogen and oxygen atoms in total. The van der Waals surface area contributed by atoms with Gasteiger partial charge in [0.2, 0.25) is 0 Å². The van der Waals surface area contributed by atoms with Gasteiger partial charge in [0.05, 0.1) is 5.56 Å². The van der Waals surface area contributed by atoms with Gasteiger partial charge in [0.15, 0.2) is 0 Å². The number of nitrogens with two attached hydrogens (primary N) is 2. The van der Waals surface area contributed by atoms with Crippen molar-refractivity contribution in [2.24, 2.45) is 17.4 Å². The minimum atomic E-state index is -0.430. The van der Waals surface area contributed by atoms with Gasteiger partial charge >= 0.3 is 0 Å². The molecule has 1 fully saturated rings. The van der Waals surface area contributed by atoms with Crippen molar-refractivity contribution in [2.75, 3.05) is 11.9 Å². The van der Waals surface area contributed by atoms with Crippen molar-refractivity contribution in [3.05, 3.63) is 28.2 Å². The summed E-state index contributed by atoms with van der Waals surface area (Å²) in [6.07, 6.45) is 2.36. The number of hydrogen-bond donors (Lipinski definition) is 3. The summed E-state index contributed by atoms with van der Waals surface area (Å²) >= 11 is 3.40. The zero-order valence-corrected chi connectivity index (χ0v) is 12.0. The van der Waals surface area contributed by atoms with Crippen LogP contribution in [0.1, 0.15) is 30.1 Å². The molecule has 0 aliphatic heterocycles. The lowest BCUT2D eigenvalue weighted by molar-refractivity contribution is 0.100. The topological polar surface area (TPSA) is 81.1 Å². The first-order chi connectivity index (χ1) is 8.46. The van der Waals surface area contributed by atoms with Gasteiger partial charge in [-0.2, -0.15) is 0 Å². The van der Waals surface area contributed by atoms with Crippen LogP contribution in [0, 0.1) is 5.92 Å². The van der Waals surface area contributed by atoms with Gasteiger partial charge in [-0.1, -0.05) is 15.9 Å².